The van der Waals surface area contributed by atoms with Crippen molar-refractivity contribution in [2.24, 2.45) is 40.9 Å². The smallest absolute Gasteiger partial charge is 0.108 e. The molecule has 5 unspecified atom stereocenters. The van der Waals surface area contributed by atoms with Gasteiger partial charge >= 0.3 is 0 Å². The van der Waals surface area contributed by atoms with Crippen LogP contribution in [0.5, 0.6) is 0 Å². The normalized spacial score (nSPS) is 55.2. The maximum absolute atomic E-state index is 6.70. The van der Waals surface area contributed by atoms with Crippen molar-refractivity contribution < 1.29 is 9.47 Å². The molecule has 0 N–H and O–H groups in total. The van der Waals surface area contributed by atoms with Gasteiger partial charge in [-0.15, -0.1) is 12.8 Å². The monoisotopic (exact) mass is 378 g/mol. The van der Waals surface area contributed by atoms with Gasteiger partial charge in [0.2, 0.25) is 0 Å². The Labute approximate surface area is 170 Å². The Hall–Kier alpha value is -0.960. The molecule has 0 saturated heterocycles. The highest BCUT2D eigenvalue weighted by Gasteiger charge is 2.69. The van der Waals surface area contributed by atoms with E-state index in [1.165, 1.54) is 70.6 Å². The minimum atomic E-state index is 0.0540. The third-order valence-corrected chi connectivity index (χ3v) is 9.86. The predicted octanol–water partition coefficient (Wildman–Crippen LogP) is 4.82. The van der Waals surface area contributed by atoms with Crippen molar-refractivity contribution in [3.63, 3.8) is 0 Å². The summed E-state index contributed by atoms with van der Waals surface area (Å²) in [5.74, 6) is 10.5. The van der Waals surface area contributed by atoms with Crippen LogP contribution in [0.3, 0.4) is 0 Å². The predicted molar refractivity (Wildman–Crippen MR) is 109 cm³/mol. The van der Waals surface area contributed by atoms with Crippen LogP contribution in [0.2, 0.25) is 0 Å². The Morgan fingerprint density at radius 2 is 1.32 bits per heavy atom. The zero-order valence-corrected chi connectivity index (χ0v) is 17.1. The number of terminal acetylenes is 2. The van der Waals surface area contributed by atoms with Crippen LogP contribution in [0.15, 0.2) is 0 Å². The molecule has 8 fully saturated rings. The van der Waals surface area contributed by atoms with Gasteiger partial charge in [0.1, 0.15) is 13.2 Å². The lowest BCUT2D eigenvalue weighted by atomic mass is 9.37. The van der Waals surface area contributed by atoms with Crippen LogP contribution in [0.25, 0.3) is 0 Å². The Kier molecular flexibility index (Phi) is 3.85. The first-order chi connectivity index (χ1) is 13.6. The van der Waals surface area contributed by atoms with E-state index in [1.807, 2.05) is 0 Å². The lowest BCUT2D eigenvalue weighted by molar-refractivity contribution is -0.277. The van der Waals surface area contributed by atoms with Gasteiger partial charge in [0, 0.05) is 0 Å². The second kappa shape index (κ2) is 6.03. The first-order valence-corrected chi connectivity index (χ1v) is 11.7. The molecule has 8 rings (SSSR count). The molecule has 150 valence electrons. The van der Waals surface area contributed by atoms with Crippen LogP contribution >= 0.6 is 0 Å². The molecule has 8 saturated carbocycles. The van der Waals surface area contributed by atoms with Crippen LogP contribution in [-0.4, -0.2) is 24.4 Å². The van der Waals surface area contributed by atoms with Gasteiger partial charge in [-0.25, -0.2) is 0 Å². The molecule has 8 aliphatic rings. The van der Waals surface area contributed by atoms with Gasteiger partial charge in [-0.2, -0.15) is 0 Å². The summed E-state index contributed by atoms with van der Waals surface area (Å²) in [6.07, 6.45) is 26.1. The van der Waals surface area contributed by atoms with E-state index in [0.717, 1.165) is 29.6 Å². The molecule has 0 aliphatic heterocycles. The summed E-state index contributed by atoms with van der Waals surface area (Å²) in [7, 11) is 0. The fourth-order valence-corrected chi connectivity index (χ4v) is 10.4. The molecule has 2 nitrogen and oxygen atoms in total. The Morgan fingerprint density at radius 1 is 0.714 bits per heavy atom. The van der Waals surface area contributed by atoms with E-state index >= 15 is 0 Å². The van der Waals surface area contributed by atoms with Gasteiger partial charge in [-0.3, -0.25) is 0 Å². The van der Waals surface area contributed by atoms with Crippen LogP contribution in [0.1, 0.15) is 70.6 Å². The number of rotatable bonds is 5. The van der Waals surface area contributed by atoms with Crippen molar-refractivity contribution in [1.29, 1.82) is 0 Å². The average Bonchev–Trinajstić information content (AvgIpc) is 2.62. The summed E-state index contributed by atoms with van der Waals surface area (Å²) in [6.45, 7) is 0.969. The summed E-state index contributed by atoms with van der Waals surface area (Å²) in [4.78, 5) is 0. The van der Waals surface area contributed by atoms with E-state index < -0.39 is 0 Å². The minimum absolute atomic E-state index is 0.0540. The SMILES string of the molecule is C#CCOC12CC3CC(C1)CC(C1C4CC5CC(C4)CC1(OCC#C)C5)(C3)C2. The first kappa shape index (κ1) is 17.9. The van der Waals surface area contributed by atoms with E-state index in [9.17, 15) is 0 Å². The van der Waals surface area contributed by atoms with Gasteiger partial charge in [0.25, 0.3) is 0 Å². The third-order valence-electron chi connectivity index (χ3n) is 9.86. The molecule has 8 bridgehead atoms. The fourth-order valence-electron chi connectivity index (χ4n) is 10.4. The van der Waals surface area contributed by atoms with Gasteiger partial charge in [-0.05, 0) is 112 Å². The summed E-state index contributed by atoms with van der Waals surface area (Å²) >= 11 is 0. The van der Waals surface area contributed by atoms with Crippen LogP contribution < -0.4 is 0 Å². The number of hydrogen-bond acceptors (Lipinski definition) is 2. The van der Waals surface area contributed by atoms with Gasteiger partial charge in [0.05, 0.1) is 11.2 Å². The standard InChI is InChI=1S/C26H34O2/c1-3-5-27-25-13-20-8-21(14-25)12-24(11-20,17-25)23-22-9-18-7-19(10-22)16-26(23,15-18)28-6-4-2/h1-2,18-23H,5-17H2. The second-order valence-electron chi connectivity index (χ2n) is 11.6. The van der Waals surface area contributed by atoms with Crippen LogP contribution in [-0.2, 0) is 9.47 Å². The Balaban J connectivity index is 1.39. The fraction of sp³-hybridized carbons (Fsp3) is 0.846. The molecule has 0 spiro atoms. The lowest BCUT2D eigenvalue weighted by Gasteiger charge is -2.71. The summed E-state index contributed by atoms with van der Waals surface area (Å²) in [6, 6.07) is 0. The first-order valence-electron chi connectivity index (χ1n) is 11.7. The van der Waals surface area contributed by atoms with Gasteiger partial charge in [0.15, 0.2) is 0 Å². The zero-order chi connectivity index (χ0) is 19.0. The molecule has 2 heteroatoms. The number of ether oxygens (including phenoxy) is 2. The third kappa shape index (κ3) is 2.44. The largest absolute Gasteiger partial charge is 0.362 e. The van der Waals surface area contributed by atoms with Crippen molar-refractivity contribution in [3.05, 3.63) is 0 Å². The van der Waals surface area contributed by atoms with Crippen molar-refractivity contribution in [2.75, 3.05) is 13.2 Å². The van der Waals surface area contributed by atoms with Crippen LogP contribution in [0, 0.1) is 65.6 Å². The van der Waals surface area contributed by atoms with E-state index in [0.29, 0.717) is 24.5 Å². The topological polar surface area (TPSA) is 18.5 Å². The maximum Gasteiger partial charge on any atom is 0.108 e. The molecule has 28 heavy (non-hydrogen) atoms. The number of hydrogen-bond donors (Lipinski definition) is 0. The molecule has 0 aromatic heterocycles. The van der Waals surface area contributed by atoms with Crippen LogP contribution in [0.4, 0.5) is 0 Å². The van der Waals surface area contributed by atoms with E-state index in [2.05, 4.69) is 11.8 Å². The van der Waals surface area contributed by atoms with E-state index in [1.54, 1.807) is 0 Å². The molecular weight excluding hydrogens is 344 g/mol. The second-order valence-corrected chi connectivity index (χ2v) is 11.6. The Bertz CT molecular complexity index is 711. The van der Waals surface area contributed by atoms with Crippen molar-refractivity contribution >= 4 is 0 Å². The van der Waals surface area contributed by atoms with Crippen molar-refractivity contribution in [3.8, 4) is 24.7 Å². The van der Waals surface area contributed by atoms with Gasteiger partial charge in [-0.1, -0.05) is 11.8 Å². The molecule has 5 atom stereocenters. The molecule has 0 amide bonds. The van der Waals surface area contributed by atoms with E-state index in [-0.39, 0.29) is 11.2 Å². The highest BCUT2D eigenvalue weighted by molar-refractivity contribution is 5.19. The molecule has 8 aliphatic carbocycles. The summed E-state index contributed by atoms with van der Waals surface area (Å²) in [5.41, 5.74) is 0.518. The maximum atomic E-state index is 6.70. The van der Waals surface area contributed by atoms with Crippen molar-refractivity contribution in [2.45, 2.75) is 81.8 Å². The van der Waals surface area contributed by atoms with E-state index in [4.69, 9.17) is 22.3 Å². The average molecular weight is 379 g/mol. The molecular formula is C26H34O2. The molecule has 0 aromatic carbocycles. The summed E-state index contributed by atoms with van der Waals surface area (Å²) in [5, 5.41) is 0. The molecule has 0 heterocycles. The summed E-state index contributed by atoms with van der Waals surface area (Å²) < 4.78 is 13.2. The minimum Gasteiger partial charge on any atom is -0.362 e. The molecule has 0 radical (unpaired) electrons. The quantitative estimate of drug-likeness (QED) is 0.639. The highest BCUT2D eigenvalue weighted by Crippen LogP contribution is 2.73. The Morgan fingerprint density at radius 3 is 1.96 bits per heavy atom. The molecule has 0 aromatic rings. The van der Waals surface area contributed by atoms with Crippen molar-refractivity contribution in [1.82, 2.24) is 0 Å². The highest BCUT2D eigenvalue weighted by atomic mass is 16.5. The lowest BCUT2D eigenvalue weighted by Crippen LogP contribution is -2.68. The van der Waals surface area contributed by atoms with Gasteiger partial charge < -0.3 is 9.47 Å². The zero-order valence-electron chi connectivity index (χ0n) is 17.1.